The molecule has 0 bridgehead atoms. The van der Waals surface area contributed by atoms with Crippen LogP contribution in [0.4, 0.5) is 5.69 Å². The lowest BCUT2D eigenvalue weighted by molar-refractivity contribution is -0.142. The summed E-state index contributed by atoms with van der Waals surface area (Å²) in [5.41, 5.74) is 6.42. The molecule has 2 heterocycles. The molecule has 1 aromatic carbocycles. The number of carboxylic acid groups (broad SMARTS) is 1. The van der Waals surface area contributed by atoms with Crippen LogP contribution in [0, 0.1) is 0 Å². The summed E-state index contributed by atoms with van der Waals surface area (Å²) in [4.78, 5) is 28.0. The quantitative estimate of drug-likeness (QED) is 0.781. The molecule has 102 valence electrons. The Hall–Kier alpha value is -2.83. The van der Waals surface area contributed by atoms with E-state index < -0.39 is 17.9 Å². The summed E-state index contributed by atoms with van der Waals surface area (Å²) in [5, 5.41) is 9.96. The molecule has 7 nitrogen and oxygen atoms in total. The van der Waals surface area contributed by atoms with Crippen LogP contribution in [0.15, 0.2) is 30.5 Å². The van der Waals surface area contributed by atoms with Crippen LogP contribution in [0.3, 0.4) is 0 Å². The Morgan fingerprint density at radius 1 is 1.45 bits per heavy atom. The van der Waals surface area contributed by atoms with Gasteiger partial charge in [-0.05, 0) is 12.1 Å². The molecule has 0 saturated carbocycles. The molecular weight excluding hydrogens is 262 g/mol. The van der Waals surface area contributed by atoms with Crippen molar-refractivity contribution in [3.8, 4) is 5.75 Å². The highest BCUT2D eigenvalue weighted by molar-refractivity contribution is 6.04. The first kappa shape index (κ1) is 12.2. The van der Waals surface area contributed by atoms with E-state index in [2.05, 4.69) is 4.98 Å². The van der Waals surface area contributed by atoms with Gasteiger partial charge in [-0.15, -0.1) is 0 Å². The molecule has 1 atom stereocenters. The number of fused-ring (bicyclic) bond motifs is 2. The van der Waals surface area contributed by atoms with Gasteiger partial charge in [-0.3, -0.25) is 9.78 Å². The number of carbonyl (C=O) groups excluding carboxylic acids is 1. The first-order valence-electron chi connectivity index (χ1n) is 5.88. The van der Waals surface area contributed by atoms with Gasteiger partial charge in [-0.1, -0.05) is 6.07 Å². The highest BCUT2D eigenvalue weighted by Crippen LogP contribution is 2.38. The third-order valence-corrected chi connectivity index (χ3v) is 3.17. The number of aliphatic carboxylic acids is 1. The van der Waals surface area contributed by atoms with Crippen molar-refractivity contribution in [3.63, 3.8) is 0 Å². The van der Waals surface area contributed by atoms with Gasteiger partial charge in [-0.25, -0.2) is 4.79 Å². The van der Waals surface area contributed by atoms with Crippen molar-refractivity contribution in [2.75, 3.05) is 11.6 Å². The summed E-state index contributed by atoms with van der Waals surface area (Å²) in [6, 6.07) is 5.62. The van der Waals surface area contributed by atoms with Gasteiger partial charge in [0.2, 0.25) is 6.04 Å². The maximum absolute atomic E-state index is 11.3. The fourth-order valence-corrected chi connectivity index (χ4v) is 2.26. The van der Waals surface area contributed by atoms with Crippen LogP contribution < -0.4 is 15.4 Å². The second kappa shape index (κ2) is 4.37. The van der Waals surface area contributed by atoms with Crippen LogP contribution in [0.5, 0.6) is 5.75 Å². The number of hydrogen-bond donors (Lipinski definition) is 2. The fraction of sp³-hybridized carbons (Fsp3) is 0.154. The van der Waals surface area contributed by atoms with Crippen molar-refractivity contribution < 1.29 is 19.4 Å². The minimum Gasteiger partial charge on any atom is -0.479 e. The van der Waals surface area contributed by atoms with Gasteiger partial charge in [0, 0.05) is 17.6 Å². The number of nitrogens with two attached hydrogens (primary N) is 1. The lowest BCUT2D eigenvalue weighted by Crippen LogP contribution is -2.49. The van der Waals surface area contributed by atoms with E-state index in [-0.39, 0.29) is 6.73 Å². The molecule has 2 aromatic rings. The molecule has 1 amide bonds. The van der Waals surface area contributed by atoms with Gasteiger partial charge in [0.25, 0.3) is 5.91 Å². The second-order valence-electron chi connectivity index (χ2n) is 4.40. The number of rotatable bonds is 3. The maximum atomic E-state index is 11.3. The zero-order valence-corrected chi connectivity index (χ0v) is 10.3. The number of anilines is 1. The number of aromatic nitrogens is 1. The average molecular weight is 273 g/mol. The molecule has 1 aliphatic heterocycles. The molecule has 3 rings (SSSR count). The molecular formula is C13H11N3O4. The molecule has 0 radical (unpaired) electrons. The predicted molar refractivity (Wildman–Crippen MR) is 70.3 cm³/mol. The molecule has 1 unspecified atom stereocenters. The summed E-state index contributed by atoms with van der Waals surface area (Å²) in [6.45, 7) is -0.0361. The van der Waals surface area contributed by atoms with E-state index in [0.29, 0.717) is 11.4 Å². The first-order valence-corrected chi connectivity index (χ1v) is 5.88. The number of benzene rings is 1. The molecule has 20 heavy (non-hydrogen) atoms. The Labute approximate surface area is 113 Å². The van der Waals surface area contributed by atoms with Crippen molar-refractivity contribution >= 4 is 28.5 Å². The molecule has 1 aromatic heterocycles. The van der Waals surface area contributed by atoms with Crippen LogP contribution in [0.2, 0.25) is 0 Å². The number of hydrogen-bond acceptors (Lipinski definition) is 5. The van der Waals surface area contributed by atoms with Gasteiger partial charge >= 0.3 is 5.97 Å². The molecule has 0 fully saturated rings. The Balaban J connectivity index is 2.11. The van der Waals surface area contributed by atoms with Crippen molar-refractivity contribution in [1.82, 2.24) is 4.98 Å². The van der Waals surface area contributed by atoms with Crippen LogP contribution in [0.1, 0.15) is 0 Å². The number of carboxylic acids is 1. The zero-order valence-electron chi connectivity index (χ0n) is 10.3. The third-order valence-electron chi connectivity index (χ3n) is 3.17. The Kier molecular flexibility index (Phi) is 2.67. The minimum atomic E-state index is -1.45. The Morgan fingerprint density at radius 3 is 2.95 bits per heavy atom. The highest BCUT2D eigenvalue weighted by atomic mass is 16.5. The van der Waals surface area contributed by atoms with E-state index in [1.165, 1.54) is 4.90 Å². The monoisotopic (exact) mass is 273 g/mol. The van der Waals surface area contributed by atoms with E-state index in [0.717, 1.165) is 10.9 Å². The minimum absolute atomic E-state index is 0.0361. The number of pyridine rings is 1. The molecule has 0 saturated heterocycles. The van der Waals surface area contributed by atoms with E-state index in [1.807, 2.05) is 6.07 Å². The lowest BCUT2D eigenvalue weighted by atomic mass is 10.1. The SMILES string of the molecule is NC(=O)C(C(=O)O)N1COc2cc3ncccc3cc21. The molecule has 0 aliphatic carbocycles. The van der Waals surface area contributed by atoms with E-state index >= 15 is 0 Å². The van der Waals surface area contributed by atoms with E-state index in [9.17, 15) is 9.59 Å². The van der Waals surface area contributed by atoms with Crippen molar-refractivity contribution in [1.29, 1.82) is 0 Å². The number of carbonyl (C=O) groups is 2. The Morgan fingerprint density at radius 2 is 2.25 bits per heavy atom. The third kappa shape index (κ3) is 1.80. The largest absolute Gasteiger partial charge is 0.479 e. The first-order chi connectivity index (χ1) is 9.58. The molecule has 1 aliphatic rings. The van der Waals surface area contributed by atoms with Crippen LogP contribution in [0.25, 0.3) is 10.9 Å². The molecule has 0 spiro atoms. The average Bonchev–Trinajstić information content (AvgIpc) is 2.78. The number of primary amides is 1. The highest BCUT2D eigenvalue weighted by Gasteiger charge is 2.36. The van der Waals surface area contributed by atoms with Crippen LogP contribution in [-0.2, 0) is 9.59 Å². The lowest BCUT2D eigenvalue weighted by Gasteiger charge is -2.21. The fourth-order valence-electron chi connectivity index (χ4n) is 2.26. The Bertz CT molecular complexity index is 702. The van der Waals surface area contributed by atoms with Gasteiger partial charge in [0.1, 0.15) is 5.75 Å². The summed E-state index contributed by atoms with van der Waals surface area (Å²) >= 11 is 0. The van der Waals surface area contributed by atoms with Crippen molar-refractivity contribution in [3.05, 3.63) is 30.5 Å². The van der Waals surface area contributed by atoms with Gasteiger partial charge < -0.3 is 20.5 Å². The smallest absolute Gasteiger partial charge is 0.336 e. The topological polar surface area (TPSA) is 106 Å². The predicted octanol–water partition coefficient (Wildman–Crippen LogP) is 0.330. The molecule has 3 N–H and O–H groups in total. The number of ether oxygens (including phenoxy) is 1. The second-order valence-corrected chi connectivity index (χ2v) is 4.40. The van der Waals surface area contributed by atoms with E-state index in [1.54, 1.807) is 24.4 Å². The van der Waals surface area contributed by atoms with Crippen molar-refractivity contribution in [2.45, 2.75) is 6.04 Å². The summed E-state index contributed by atoms with van der Waals surface area (Å²) < 4.78 is 5.42. The molecule has 7 heteroatoms. The number of nitrogens with zero attached hydrogens (tertiary/aromatic N) is 2. The van der Waals surface area contributed by atoms with Crippen LogP contribution in [-0.4, -0.2) is 34.7 Å². The summed E-state index contributed by atoms with van der Waals surface area (Å²) in [7, 11) is 0. The number of amides is 1. The maximum Gasteiger partial charge on any atom is 0.336 e. The standard InChI is InChI=1S/C13H11N3O4/c14-12(17)11(13(18)19)16-6-20-10-5-8-7(4-9(10)16)2-1-3-15-8/h1-5,11H,6H2,(H2,14,17)(H,18,19). The normalized spacial score (nSPS) is 14.7. The van der Waals surface area contributed by atoms with Crippen molar-refractivity contribution in [2.24, 2.45) is 5.73 Å². The summed E-state index contributed by atoms with van der Waals surface area (Å²) in [6.07, 6.45) is 1.66. The van der Waals surface area contributed by atoms with Gasteiger partial charge in [0.05, 0.1) is 11.2 Å². The van der Waals surface area contributed by atoms with E-state index in [4.69, 9.17) is 15.6 Å². The van der Waals surface area contributed by atoms with Gasteiger partial charge in [-0.2, -0.15) is 0 Å². The van der Waals surface area contributed by atoms with Gasteiger partial charge in [0.15, 0.2) is 6.73 Å². The summed E-state index contributed by atoms with van der Waals surface area (Å²) in [5.74, 6) is -1.75. The van der Waals surface area contributed by atoms with Crippen LogP contribution >= 0.6 is 0 Å². The zero-order chi connectivity index (χ0) is 14.3.